The third-order valence-corrected chi connectivity index (χ3v) is 4.95. The zero-order chi connectivity index (χ0) is 22.4. The average molecular weight is 448 g/mol. The van der Waals surface area contributed by atoms with Gasteiger partial charge in [-0.3, -0.25) is 10.1 Å². The number of hydrogen-bond acceptors (Lipinski definition) is 7. The topological polar surface area (TPSA) is 86.8 Å². The summed E-state index contributed by atoms with van der Waals surface area (Å²) in [5.41, 5.74) is 1.21. The number of carbonyl (C=O) groups excluding carboxylic acids is 2. The van der Waals surface area contributed by atoms with Gasteiger partial charge in [-0.05, 0) is 25.1 Å². The number of aromatic nitrogens is 1. The van der Waals surface area contributed by atoms with Crippen molar-refractivity contribution in [3.05, 3.63) is 59.0 Å². The number of nitrogens with one attached hydrogen (secondary N) is 1. The molecule has 0 atom stereocenters. The normalized spacial score (nSPS) is 10.6. The van der Waals surface area contributed by atoms with Crippen molar-refractivity contribution < 1.29 is 32.6 Å². The Labute approximate surface area is 180 Å². The molecule has 1 aromatic heterocycles. The molecule has 1 N–H and O–H groups in total. The molecule has 162 valence electrons. The number of esters is 1. The molecule has 0 unspecified atom stereocenters. The summed E-state index contributed by atoms with van der Waals surface area (Å²) in [6, 6.07) is 12.8. The van der Waals surface area contributed by atoms with Gasteiger partial charge in [0.25, 0.3) is 5.91 Å². The second-order valence-electron chi connectivity index (χ2n) is 5.98. The number of thiazole rings is 1. The summed E-state index contributed by atoms with van der Waals surface area (Å²) in [4.78, 5) is 29.7. The summed E-state index contributed by atoms with van der Waals surface area (Å²) in [6.45, 7) is -1.14. The number of amides is 1. The number of hydrogen-bond donors (Lipinski definition) is 1. The van der Waals surface area contributed by atoms with Crippen molar-refractivity contribution in [3.8, 4) is 22.8 Å². The second-order valence-corrected chi connectivity index (χ2v) is 6.98. The molecule has 0 spiro atoms. The largest absolute Gasteiger partial charge is 0.493 e. The molecule has 1 heterocycles. The lowest BCUT2D eigenvalue weighted by atomic mass is 10.1. The van der Waals surface area contributed by atoms with Crippen LogP contribution >= 0.6 is 11.3 Å². The molecule has 0 aliphatic carbocycles. The van der Waals surface area contributed by atoms with Gasteiger partial charge in [-0.25, -0.2) is 9.78 Å². The molecule has 31 heavy (non-hydrogen) atoms. The maximum Gasteiger partial charge on any atom is 0.387 e. The number of alkyl halides is 2. The standard InChI is InChI=1S/C21H18F2N2O5S/c1-3-29-19(27)17-16(12-7-5-4-6-8-12)24-21(31-17)25-18(26)13-9-10-14(30-20(22)23)15(11-13)28-2/h4-11,20H,3H2,1-2H3,(H,24,25,26). The van der Waals surface area contributed by atoms with Gasteiger partial charge < -0.3 is 14.2 Å². The molecule has 0 aliphatic heterocycles. The molecular weight excluding hydrogens is 430 g/mol. The van der Waals surface area contributed by atoms with Crippen LogP contribution in [0, 0.1) is 0 Å². The van der Waals surface area contributed by atoms with Gasteiger partial charge in [0.05, 0.1) is 19.4 Å². The summed E-state index contributed by atoms with van der Waals surface area (Å²) in [5, 5.41) is 2.79. The highest BCUT2D eigenvalue weighted by molar-refractivity contribution is 7.18. The fourth-order valence-electron chi connectivity index (χ4n) is 2.67. The van der Waals surface area contributed by atoms with Crippen LogP contribution in [-0.2, 0) is 4.74 Å². The van der Waals surface area contributed by atoms with E-state index in [1.54, 1.807) is 31.2 Å². The van der Waals surface area contributed by atoms with E-state index in [9.17, 15) is 18.4 Å². The molecule has 0 saturated heterocycles. The van der Waals surface area contributed by atoms with E-state index in [1.807, 2.05) is 6.07 Å². The van der Waals surface area contributed by atoms with Crippen LogP contribution in [0.15, 0.2) is 48.5 Å². The van der Waals surface area contributed by atoms with Crippen molar-refractivity contribution in [3.63, 3.8) is 0 Å². The number of ether oxygens (including phenoxy) is 3. The van der Waals surface area contributed by atoms with E-state index in [1.165, 1.54) is 25.3 Å². The molecule has 10 heteroatoms. The highest BCUT2D eigenvalue weighted by Crippen LogP contribution is 2.33. The summed E-state index contributed by atoms with van der Waals surface area (Å²) < 4.78 is 39.4. The number of carbonyl (C=O) groups is 2. The lowest BCUT2D eigenvalue weighted by molar-refractivity contribution is -0.0512. The van der Waals surface area contributed by atoms with Crippen molar-refractivity contribution in [1.29, 1.82) is 0 Å². The molecule has 3 aromatic rings. The number of rotatable bonds is 8. The number of nitrogens with zero attached hydrogens (tertiary/aromatic N) is 1. The van der Waals surface area contributed by atoms with E-state index in [4.69, 9.17) is 9.47 Å². The maximum atomic E-state index is 12.7. The van der Waals surface area contributed by atoms with Gasteiger partial charge in [0, 0.05) is 11.1 Å². The van der Waals surface area contributed by atoms with Crippen molar-refractivity contribution in [2.45, 2.75) is 13.5 Å². The first-order chi connectivity index (χ1) is 14.9. The van der Waals surface area contributed by atoms with Crippen molar-refractivity contribution in [2.24, 2.45) is 0 Å². The van der Waals surface area contributed by atoms with Crippen LogP contribution in [-0.4, -0.2) is 37.2 Å². The van der Waals surface area contributed by atoms with Gasteiger partial charge in [0.1, 0.15) is 4.88 Å². The molecule has 0 fully saturated rings. The van der Waals surface area contributed by atoms with Crippen LogP contribution in [0.1, 0.15) is 27.0 Å². The van der Waals surface area contributed by atoms with Crippen molar-refractivity contribution >= 4 is 28.3 Å². The van der Waals surface area contributed by atoms with E-state index >= 15 is 0 Å². The summed E-state index contributed by atoms with van der Waals surface area (Å²) in [5.74, 6) is -1.33. The minimum Gasteiger partial charge on any atom is -0.493 e. The Kier molecular flexibility index (Phi) is 7.14. The third-order valence-electron chi connectivity index (χ3n) is 4.00. The highest BCUT2D eigenvalue weighted by atomic mass is 32.1. The highest BCUT2D eigenvalue weighted by Gasteiger charge is 2.22. The van der Waals surface area contributed by atoms with Crippen LogP contribution in [0.25, 0.3) is 11.3 Å². The molecule has 2 aromatic carbocycles. The van der Waals surface area contributed by atoms with Crippen molar-refractivity contribution in [1.82, 2.24) is 4.98 Å². The fourth-order valence-corrected chi connectivity index (χ4v) is 3.55. The maximum absolute atomic E-state index is 12.7. The predicted molar refractivity (Wildman–Crippen MR) is 111 cm³/mol. The Morgan fingerprint density at radius 2 is 1.87 bits per heavy atom. The molecule has 0 radical (unpaired) electrons. The number of methoxy groups -OCH3 is 1. The van der Waals surface area contributed by atoms with Gasteiger partial charge in [-0.15, -0.1) is 0 Å². The van der Waals surface area contributed by atoms with E-state index in [0.717, 1.165) is 11.3 Å². The first-order valence-corrected chi connectivity index (χ1v) is 9.92. The second kappa shape index (κ2) is 9.98. The van der Waals surface area contributed by atoms with Crippen molar-refractivity contribution in [2.75, 3.05) is 19.0 Å². The van der Waals surface area contributed by atoms with E-state index < -0.39 is 18.5 Å². The number of halogens is 2. The molecule has 0 saturated carbocycles. The Bertz CT molecular complexity index is 1070. The monoisotopic (exact) mass is 448 g/mol. The fraction of sp³-hybridized carbons (Fsp3) is 0.190. The first-order valence-electron chi connectivity index (χ1n) is 9.10. The van der Waals surface area contributed by atoms with Gasteiger partial charge in [0.15, 0.2) is 16.6 Å². The van der Waals surface area contributed by atoms with Crippen LogP contribution < -0.4 is 14.8 Å². The Balaban J connectivity index is 1.88. The predicted octanol–water partition coefficient (Wildman–Crippen LogP) is 4.85. The minimum atomic E-state index is -3.03. The Morgan fingerprint density at radius 3 is 2.52 bits per heavy atom. The summed E-state index contributed by atoms with van der Waals surface area (Å²) in [6.07, 6.45) is 0. The van der Waals surface area contributed by atoms with E-state index in [-0.39, 0.29) is 33.7 Å². The Hall–Kier alpha value is -3.53. The molecule has 3 rings (SSSR count). The van der Waals surface area contributed by atoms with Gasteiger partial charge in [-0.1, -0.05) is 41.7 Å². The van der Waals surface area contributed by atoms with Crippen LogP contribution in [0.5, 0.6) is 11.5 Å². The first kappa shape index (κ1) is 22.2. The van der Waals surface area contributed by atoms with Crippen LogP contribution in [0.2, 0.25) is 0 Å². The van der Waals surface area contributed by atoms with Crippen LogP contribution in [0.3, 0.4) is 0 Å². The van der Waals surface area contributed by atoms with E-state index in [0.29, 0.717) is 11.3 Å². The molecule has 0 bridgehead atoms. The summed E-state index contributed by atoms with van der Waals surface area (Å²) >= 11 is 0.974. The zero-order valence-corrected chi connectivity index (χ0v) is 17.4. The third kappa shape index (κ3) is 5.34. The summed E-state index contributed by atoms with van der Waals surface area (Å²) in [7, 11) is 1.27. The molecule has 7 nitrogen and oxygen atoms in total. The number of benzene rings is 2. The van der Waals surface area contributed by atoms with Crippen LogP contribution in [0.4, 0.5) is 13.9 Å². The zero-order valence-electron chi connectivity index (χ0n) is 16.6. The molecule has 0 aliphatic rings. The average Bonchev–Trinajstić information content (AvgIpc) is 3.18. The van der Waals surface area contributed by atoms with E-state index in [2.05, 4.69) is 15.0 Å². The SMILES string of the molecule is CCOC(=O)c1sc(NC(=O)c2ccc(OC(F)F)c(OC)c2)nc1-c1ccccc1. The lowest BCUT2D eigenvalue weighted by Gasteiger charge is -2.11. The quantitative estimate of drug-likeness (QED) is 0.496. The minimum absolute atomic E-state index is 0.0238. The van der Waals surface area contributed by atoms with Gasteiger partial charge >= 0.3 is 12.6 Å². The number of anilines is 1. The molecule has 1 amide bonds. The van der Waals surface area contributed by atoms with Gasteiger partial charge in [0.2, 0.25) is 0 Å². The molecular formula is C21H18F2N2O5S. The lowest BCUT2D eigenvalue weighted by Crippen LogP contribution is -2.12. The Morgan fingerprint density at radius 1 is 1.13 bits per heavy atom. The smallest absolute Gasteiger partial charge is 0.387 e. The van der Waals surface area contributed by atoms with Gasteiger partial charge in [-0.2, -0.15) is 8.78 Å².